The summed E-state index contributed by atoms with van der Waals surface area (Å²) in [6, 6.07) is 12.3. The number of carboxylic acid groups (broad SMARTS) is 1. The first-order valence-electron chi connectivity index (χ1n) is 6.51. The first-order chi connectivity index (χ1) is 10.7. The normalized spacial score (nSPS) is 10.4. The van der Waals surface area contributed by atoms with Crippen molar-refractivity contribution in [1.82, 2.24) is 4.98 Å². The molecular weight excluding hydrogens is 298 g/mol. The average molecular weight is 309 g/mol. The molecule has 0 aliphatic carbocycles. The zero-order valence-electron chi connectivity index (χ0n) is 11.4. The van der Waals surface area contributed by atoms with E-state index in [0.717, 1.165) is 27.9 Å². The molecule has 2 aromatic heterocycles. The molecule has 0 fully saturated rings. The molecular formula is C17H11NO3S. The summed E-state index contributed by atoms with van der Waals surface area (Å²) in [6.45, 7) is 0. The van der Waals surface area contributed by atoms with Crippen LogP contribution >= 0.6 is 11.3 Å². The van der Waals surface area contributed by atoms with Gasteiger partial charge >= 0.3 is 5.97 Å². The summed E-state index contributed by atoms with van der Waals surface area (Å²) in [6.07, 6.45) is 4.30. The molecule has 4 nitrogen and oxygen atoms in total. The smallest absolute Gasteiger partial charge is 0.335 e. The molecule has 108 valence electrons. The van der Waals surface area contributed by atoms with Crippen molar-refractivity contribution < 1.29 is 14.7 Å². The van der Waals surface area contributed by atoms with E-state index in [0.29, 0.717) is 4.88 Å². The zero-order chi connectivity index (χ0) is 15.5. The summed E-state index contributed by atoms with van der Waals surface area (Å²) in [5, 5.41) is 8.93. The number of carbonyl (C=O) groups excluding carboxylic acids is 1. The van der Waals surface area contributed by atoms with Gasteiger partial charge in [0.25, 0.3) is 0 Å². The molecule has 0 aliphatic rings. The fourth-order valence-electron chi connectivity index (χ4n) is 2.11. The van der Waals surface area contributed by atoms with Gasteiger partial charge in [0.05, 0.1) is 10.4 Å². The van der Waals surface area contributed by atoms with Crippen molar-refractivity contribution in [1.29, 1.82) is 0 Å². The van der Waals surface area contributed by atoms with Crippen LogP contribution in [0.15, 0.2) is 54.9 Å². The summed E-state index contributed by atoms with van der Waals surface area (Å²) in [4.78, 5) is 27.5. The topological polar surface area (TPSA) is 67.3 Å². The Balaban J connectivity index is 1.96. The minimum absolute atomic E-state index is 0.252. The van der Waals surface area contributed by atoms with E-state index >= 15 is 0 Å². The van der Waals surface area contributed by atoms with Crippen LogP contribution in [0.5, 0.6) is 0 Å². The lowest BCUT2D eigenvalue weighted by Gasteiger charge is -2.04. The summed E-state index contributed by atoms with van der Waals surface area (Å²) in [7, 11) is 0. The Bertz CT molecular complexity index is 837. The van der Waals surface area contributed by atoms with E-state index in [4.69, 9.17) is 5.11 Å². The highest BCUT2D eigenvalue weighted by Gasteiger charge is 2.07. The monoisotopic (exact) mass is 309 g/mol. The van der Waals surface area contributed by atoms with Gasteiger partial charge in [0.15, 0.2) is 6.29 Å². The van der Waals surface area contributed by atoms with Crippen LogP contribution in [0.2, 0.25) is 0 Å². The summed E-state index contributed by atoms with van der Waals surface area (Å²) < 4.78 is 0. The van der Waals surface area contributed by atoms with E-state index in [1.54, 1.807) is 42.7 Å². The van der Waals surface area contributed by atoms with Gasteiger partial charge in [-0.25, -0.2) is 4.79 Å². The van der Waals surface area contributed by atoms with Crippen LogP contribution in [0.3, 0.4) is 0 Å². The molecule has 0 aliphatic heterocycles. The molecule has 0 atom stereocenters. The number of hydrogen-bond acceptors (Lipinski definition) is 4. The second-order valence-electron chi connectivity index (χ2n) is 4.66. The first kappa shape index (κ1) is 14.2. The molecule has 0 bridgehead atoms. The Morgan fingerprint density at radius 3 is 2.36 bits per heavy atom. The molecule has 0 spiro atoms. The van der Waals surface area contributed by atoms with E-state index in [-0.39, 0.29) is 5.56 Å². The Morgan fingerprint density at radius 2 is 1.73 bits per heavy atom. The fraction of sp³-hybridized carbons (Fsp3) is 0. The maximum absolute atomic E-state index is 10.9. The van der Waals surface area contributed by atoms with Crippen molar-refractivity contribution >= 4 is 23.6 Å². The molecule has 0 saturated heterocycles. The van der Waals surface area contributed by atoms with Gasteiger partial charge in [-0.15, -0.1) is 11.3 Å². The van der Waals surface area contributed by atoms with E-state index in [2.05, 4.69) is 4.98 Å². The minimum atomic E-state index is -0.946. The second-order valence-corrected chi connectivity index (χ2v) is 5.78. The quantitative estimate of drug-likeness (QED) is 0.740. The van der Waals surface area contributed by atoms with Gasteiger partial charge in [0.2, 0.25) is 0 Å². The number of carbonyl (C=O) groups is 2. The molecule has 1 aromatic carbocycles. The summed E-state index contributed by atoms with van der Waals surface area (Å²) >= 11 is 1.41. The number of benzene rings is 1. The minimum Gasteiger partial charge on any atom is -0.478 e. The van der Waals surface area contributed by atoms with Gasteiger partial charge in [0.1, 0.15) is 0 Å². The van der Waals surface area contributed by atoms with Gasteiger partial charge in [-0.2, -0.15) is 0 Å². The van der Waals surface area contributed by atoms with Gasteiger partial charge in [-0.05, 0) is 35.9 Å². The molecule has 22 heavy (non-hydrogen) atoms. The highest BCUT2D eigenvalue weighted by Crippen LogP contribution is 2.30. The molecule has 0 unspecified atom stereocenters. The predicted molar refractivity (Wildman–Crippen MR) is 85.3 cm³/mol. The third-order valence-electron chi connectivity index (χ3n) is 3.23. The molecule has 0 saturated carbocycles. The molecule has 5 heteroatoms. The van der Waals surface area contributed by atoms with Crippen LogP contribution < -0.4 is 0 Å². The van der Waals surface area contributed by atoms with Crippen molar-refractivity contribution in [2.45, 2.75) is 0 Å². The number of hydrogen-bond donors (Lipinski definition) is 1. The second kappa shape index (κ2) is 5.91. The van der Waals surface area contributed by atoms with E-state index in [1.807, 2.05) is 12.1 Å². The number of carboxylic acids is 1. The number of aromatic carboxylic acids is 1. The predicted octanol–water partition coefficient (Wildman–Crippen LogP) is 3.99. The van der Waals surface area contributed by atoms with Crippen LogP contribution in [0.4, 0.5) is 0 Å². The Kier molecular flexibility index (Phi) is 3.80. The molecule has 3 rings (SSSR count). The van der Waals surface area contributed by atoms with E-state index in [1.165, 1.54) is 11.3 Å². The van der Waals surface area contributed by atoms with Crippen LogP contribution in [0.25, 0.3) is 21.6 Å². The molecule has 3 aromatic rings. The van der Waals surface area contributed by atoms with Crippen LogP contribution in [-0.4, -0.2) is 22.3 Å². The fourth-order valence-corrected chi connectivity index (χ4v) is 2.91. The zero-order valence-corrected chi connectivity index (χ0v) is 12.2. The van der Waals surface area contributed by atoms with Crippen molar-refractivity contribution in [3.05, 3.63) is 65.3 Å². The molecule has 2 heterocycles. The Labute approximate surface area is 130 Å². The van der Waals surface area contributed by atoms with Crippen molar-refractivity contribution in [3.63, 3.8) is 0 Å². The average Bonchev–Trinajstić information content (AvgIpc) is 3.04. The highest BCUT2D eigenvalue weighted by molar-refractivity contribution is 7.17. The van der Waals surface area contributed by atoms with Crippen LogP contribution in [0.1, 0.15) is 20.0 Å². The molecule has 1 N–H and O–H groups in total. The maximum Gasteiger partial charge on any atom is 0.335 e. The first-order valence-corrected chi connectivity index (χ1v) is 7.33. The number of nitrogens with zero attached hydrogens (tertiary/aromatic N) is 1. The lowest BCUT2D eigenvalue weighted by Crippen LogP contribution is -1.95. The molecule has 0 amide bonds. The Hall–Kier alpha value is -2.79. The Morgan fingerprint density at radius 1 is 1.00 bits per heavy atom. The third-order valence-corrected chi connectivity index (χ3v) is 4.29. The number of aldehydes is 1. The highest BCUT2D eigenvalue weighted by atomic mass is 32.1. The summed E-state index contributed by atoms with van der Waals surface area (Å²) in [5.74, 6) is -0.946. The van der Waals surface area contributed by atoms with E-state index < -0.39 is 5.97 Å². The van der Waals surface area contributed by atoms with Gasteiger partial charge in [-0.1, -0.05) is 12.1 Å². The van der Waals surface area contributed by atoms with Crippen molar-refractivity contribution in [2.24, 2.45) is 0 Å². The lowest BCUT2D eigenvalue weighted by atomic mass is 10.0. The third kappa shape index (κ3) is 2.80. The number of pyridine rings is 1. The standard InChI is InChI=1S/C17H11NO3S/c19-10-15-5-6-16(22-15)14-7-13(8-18-9-14)11-1-3-12(4-2-11)17(20)21/h1-10H,(H,20,21). The SMILES string of the molecule is O=Cc1ccc(-c2cncc(-c3ccc(C(=O)O)cc3)c2)s1. The van der Waals surface area contributed by atoms with Gasteiger partial charge in [-0.3, -0.25) is 9.78 Å². The van der Waals surface area contributed by atoms with Crippen molar-refractivity contribution in [2.75, 3.05) is 0 Å². The number of thiophene rings is 1. The lowest BCUT2D eigenvalue weighted by molar-refractivity contribution is 0.0696. The number of rotatable bonds is 4. The van der Waals surface area contributed by atoms with Crippen LogP contribution in [-0.2, 0) is 0 Å². The largest absolute Gasteiger partial charge is 0.478 e. The van der Waals surface area contributed by atoms with Gasteiger partial charge < -0.3 is 5.11 Å². The van der Waals surface area contributed by atoms with E-state index in [9.17, 15) is 9.59 Å². The molecule has 0 radical (unpaired) electrons. The maximum atomic E-state index is 10.9. The number of aromatic nitrogens is 1. The van der Waals surface area contributed by atoms with Crippen LogP contribution in [0, 0.1) is 0 Å². The van der Waals surface area contributed by atoms with Crippen molar-refractivity contribution in [3.8, 4) is 21.6 Å². The van der Waals surface area contributed by atoms with Gasteiger partial charge in [0, 0.05) is 28.4 Å². The summed E-state index contributed by atoms with van der Waals surface area (Å²) in [5.41, 5.74) is 2.97.